The van der Waals surface area contributed by atoms with E-state index in [-0.39, 0.29) is 24.8 Å². The SMILES string of the molecule is C1C[NH+]2CCC1/C(=N/N=C1\C[NH+]3CCC1CC3)C2.[Cl-].[Cl-]. The Kier molecular flexibility index (Phi) is 5.46. The first kappa shape index (κ1) is 16.2. The zero-order valence-electron chi connectivity index (χ0n) is 11.9. The van der Waals surface area contributed by atoms with Crippen LogP contribution in [0.4, 0.5) is 0 Å². The molecule has 6 fully saturated rings. The summed E-state index contributed by atoms with van der Waals surface area (Å²) in [6, 6.07) is 0. The van der Waals surface area contributed by atoms with E-state index in [2.05, 4.69) is 10.2 Å². The predicted molar refractivity (Wildman–Crippen MR) is 71.4 cm³/mol. The van der Waals surface area contributed by atoms with E-state index in [0.29, 0.717) is 0 Å². The van der Waals surface area contributed by atoms with E-state index in [1.165, 1.54) is 76.4 Å². The van der Waals surface area contributed by atoms with Gasteiger partial charge in [-0.15, -0.1) is 0 Å². The molecule has 114 valence electrons. The van der Waals surface area contributed by atoms with Crippen LogP contribution in [-0.2, 0) is 0 Å². The summed E-state index contributed by atoms with van der Waals surface area (Å²) < 4.78 is 0. The van der Waals surface area contributed by atoms with Crippen molar-refractivity contribution >= 4 is 11.4 Å². The molecule has 6 saturated heterocycles. The fourth-order valence-corrected chi connectivity index (χ4v) is 4.24. The van der Waals surface area contributed by atoms with E-state index in [9.17, 15) is 0 Å². The van der Waals surface area contributed by atoms with E-state index < -0.39 is 0 Å². The van der Waals surface area contributed by atoms with Gasteiger partial charge in [0.15, 0.2) is 0 Å². The molecule has 0 atom stereocenters. The van der Waals surface area contributed by atoms with Gasteiger partial charge in [0.2, 0.25) is 0 Å². The van der Waals surface area contributed by atoms with E-state index >= 15 is 0 Å². The number of quaternary nitrogens is 2. The molecule has 4 bridgehead atoms. The molecule has 6 aliphatic heterocycles. The van der Waals surface area contributed by atoms with Crippen LogP contribution in [0.15, 0.2) is 10.2 Å². The molecule has 0 aromatic rings. The van der Waals surface area contributed by atoms with Gasteiger partial charge >= 0.3 is 0 Å². The number of nitrogens with one attached hydrogen (secondary N) is 2. The summed E-state index contributed by atoms with van der Waals surface area (Å²) in [4.78, 5) is 3.46. The van der Waals surface area contributed by atoms with Crippen LogP contribution in [0.5, 0.6) is 0 Å². The van der Waals surface area contributed by atoms with Crippen LogP contribution in [-0.4, -0.2) is 50.7 Å². The van der Waals surface area contributed by atoms with Crippen LogP contribution < -0.4 is 34.6 Å². The van der Waals surface area contributed by atoms with Crippen LogP contribution >= 0.6 is 0 Å². The number of hydrogen-bond acceptors (Lipinski definition) is 2. The second kappa shape index (κ2) is 6.73. The molecular formula is C14H24Cl2N4. The van der Waals surface area contributed by atoms with Crippen molar-refractivity contribution in [1.82, 2.24) is 0 Å². The molecule has 0 radical (unpaired) electrons. The van der Waals surface area contributed by atoms with E-state index in [4.69, 9.17) is 0 Å². The summed E-state index contributed by atoms with van der Waals surface area (Å²) in [7, 11) is 0. The van der Waals surface area contributed by atoms with Crippen LogP contribution in [0.25, 0.3) is 0 Å². The third kappa shape index (κ3) is 3.03. The highest BCUT2D eigenvalue weighted by atomic mass is 35.5. The highest BCUT2D eigenvalue weighted by molar-refractivity contribution is 5.92. The van der Waals surface area contributed by atoms with Gasteiger partial charge in [0.25, 0.3) is 0 Å². The van der Waals surface area contributed by atoms with Gasteiger partial charge in [-0.1, -0.05) is 0 Å². The fourth-order valence-electron chi connectivity index (χ4n) is 4.24. The van der Waals surface area contributed by atoms with Gasteiger partial charge in [0.1, 0.15) is 13.1 Å². The summed E-state index contributed by atoms with van der Waals surface area (Å²) in [6.07, 6.45) is 5.39. The Labute approximate surface area is 133 Å². The molecule has 20 heavy (non-hydrogen) atoms. The lowest BCUT2D eigenvalue weighted by Gasteiger charge is -2.37. The van der Waals surface area contributed by atoms with Crippen molar-refractivity contribution in [3.05, 3.63) is 0 Å². The van der Waals surface area contributed by atoms with Crippen LogP contribution in [0.3, 0.4) is 0 Å². The number of fused-ring (bicyclic) bond motifs is 6. The maximum Gasteiger partial charge on any atom is 0.118 e. The molecule has 0 aromatic heterocycles. The van der Waals surface area contributed by atoms with Crippen molar-refractivity contribution in [1.29, 1.82) is 0 Å². The molecule has 2 N–H and O–H groups in total. The third-order valence-electron chi connectivity index (χ3n) is 5.50. The van der Waals surface area contributed by atoms with Crippen molar-refractivity contribution in [2.75, 3.05) is 39.3 Å². The number of rotatable bonds is 1. The second-order valence-corrected chi connectivity index (χ2v) is 6.58. The first-order valence-corrected chi connectivity index (χ1v) is 7.69. The number of nitrogens with zero attached hydrogens (tertiary/aromatic N) is 2. The van der Waals surface area contributed by atoms with Gasteiger partial charge in [-0.3, -0.25) is 0 Å². The Morgan fingerprint density at radius 2 is 1.00 bits per heavy atom. The molecule has 6 heteroatoms. The van der Waals surface area contributed by atoms with E-state index in [1.807, 2.05) is 0 Å². The highest BCUT2D eigenvalue weighted by Crippen LogP contribution is 2.18. The monoisotopic (exact) mass is 318 g/mol. The van der Waals surface area contributed by atoms with Gasteiger partial charge in [-0.25, -0.2) is 0 Å². The average molecular weight is 319 g/mol. The van der Waals surface area contributed by atoms with Gasteiger partial charge < -0.3 is 34.6 Å². The molecular weight excluding hydrogens is 295 g/mol. The second-order valence-electron chi connectivity index (χ2n) is 6.58. The molecule has 0 aromatic carbocycles. The van der Waals surface area contributed by atoms with Crippen LogP contribution in [0, 0.1) is 11.8 Å². The Morgan fingerprint density at radius 3 is 1.25 bits per heavy atom. The van der Waals surface area contributed by atoms with Crippen molar-refractivity contribution in [3.8, 4) is 0 Å². The number of piperidine rings is 6. The van der Waals surface area contributed by atoms with E-state index in [0.717, 1.165) is 11.8 Å². The molecule has 6 heterocycles. The first-order valence-electron chi connectivity index (χ1n) is 7.69. The summed E-state index contributed by atoms with van der Waals surface area (Å²) in [6.45, 7) is 7.79. The number of hydrogen-bond donors (Lipinski definition) is 2. The average Bonchev–Trinajstić information content (AvgIpc) is 2.48. The molecule has 0 spiro atoms. The van der Waals surface area contributed by atoms with E-state index in [1.54, 1.807) is 9.80 Å². The Balaban J connectivity index is 0.000000735. The molecule has 6 aliphatic rings. The number of halogens is 2. The van der Waals surface area contributed by atoms with Crippen molar-refractivity contribution in [2.45, 2.75) is 25.7 Å². The zero-order valence-corrected chi connectivity index (χ0v) is 13.4. The topological polar surface area (TPSA) is 33.6 Å². The normalized spacial score (nSPS) is 42.4. The molecule has 0 unspecified atom stereocenters. The standard InChI is InChI=1S/C14H22N4.2ClH/c1-5-17-6-2-11(1)13(9-17)15-16-14-10-18-7-3-12(14)4-8-18;;/h11-12H,1-10H2;2*1H/b15-13+,16-14+;;. The molecule has 0 aliphatic carbocycles. The maximum absolute atomic E-state index is 4.68. The van der Waals surface area contributed by atoms with Gasteiger partial charge in [0.05, 0.1) is 37.6 Å². The summed E-state index contributed by atoms with van der Waals surface area (Å²) >= 11 is 0. The highest BCUT2D eigenvalue weighted by Gasteiger charge is 2.36. The Hall–Kier alpha value is -0.160. The van der Waals surface area contributed by atoms with Crippen molar-refractivity contribution < 1.29 is 34.6 Å². The molecule has 0 saturated carbocycles. The largest absolute Gasteiger partial charge is 1.00 e. The quantitative estimate of drug-likeness (QED) is 0.451. The third-order valence-corrected chi connectivity index (χ3v) is 5.50. The van der Waals surface area contributed by atoms with Gasteiger partial charge in [-0.2, -0.15) is 10.2 Å². The summed E-state index contributed by atoms with van der Waals surface area (Å²) in [5.74, 6) is 1.53. The van der Waals surface area contributed by atoms with Gasteiger partial charge in [0, 0.05) is 37.5 Å². The first-order chi connectivity index (χ1) is 8.88. The summed E-state index contributed by atoms with van der Waals surface area (Å²) in [5.41, 5.74) is 2.81. The lowest BCUT2D eigenvalue weighted by Crippen LogP contribution is -3.16. The molecule has 4 nitrogen and oxygen atoms in total. The lowest BCUT2D eigenvalue weighted by molar-refractivity contribution is -0.902. The zero-order chi connectivity index (χ0) is 11.9. The van der Waals surface area contributed by atoms with Crippen LogP contribution in [0.1, 0.15) is 25.7 Å². The predicted octanol–water partition coefficient (Wildman–Crippen LogP) is -7.59. The lowest BCUT2D eigenvalue weighted by atomic mass is 9.86. The van der Waals surface area contributed by atoms with Crippen LogP contribution in [0.2, 0.25) is 0 Å². The smallest absolute Gasteiger partial charge is 0.118 e. The summed E-state index contributed by atoms with van der Waals surface area (Å²) in [5, 5.41) is 9.36. The fraction of sp³-hybridized carbons (Fsp3) is 0.857. The van der Waals surface area contributed by atoms with Gasteiger partial charge in [-0.05, 0) is 0 Å². The molecule has 6 rings (SSSR count). The maximum atomic E-state index is 4.68. The Morgan fingerprint density at radius 1 is 0.650 bits per heavy atom. The Bertz CT molecular complexity index is 356. The molecule has 0 amide bonds. The van der Waals surface area contributed by atoms with Crippen molar-refractivity contribution in [3.63, 3.8) is 0 Å². The minimum atomic E-state index is 0. The van der Waals surface area contributed by atoms with Crippen molar-refractivity contribution in [2.24, 2.45) is 22.0 Å². The minimum absolute atomic E-state index is 0. The minimum Gasteiger partial charge on any atom is -1.00 e.